The summed E-state index contributed by atoms with van der Waals surface area (Å²) < 4.78 is 6.89. The number of carbonyl (C=O) groups is 1. The number of hydrogen-bond acceptors (Lipinski definition) is 5. The second-order valence-electron chi connectivity index (χ2n) is 8.18. The standard InChI is InChI=1S/C24H29Cl2N5O2/c1-33-19-8-11-31-18(16-19)17-21(28-31)24(32)27-9-3-2-4-10-29-12-14-30(15-13-29)22-7-5-6-20(25)23(22)26/h5-8,11,16-17H,2-4,9-10,12-15H2,1H3,(H,27,32). The summed E-state index contributed by atoms with van der Waals surface area (Å²) in [5.41, 5.74) is 2.27. The van der Waals surface area contributed by atoms with Gasteiger partial charge in [-0.2, -0.15) is 5.10 Å². The van der Waals surface area contributed by atoms with Gasteiger partial charge in [-0.25, -0.2) is 4.52 Å². The molecule has 4 rings (SSSR count). The van der Waals surface area contributed by atoms with Gasteiger partial charge >= 0.3 is 0 Å². The first-order chi connectivity index (χ1) is 16.0. The van der Waals surface area contributed by atoms with Crippen LogP contribution in [0.3, 0.4) is 0 Å². The Hall–Kier alpha value is -2.48. The lowest BCUT2D eigenvalue weighted by atomic mass is 10.2. The summed E-state index contributed by atoms with van der Waals surface area (Å²) in [4.78, 5) is 17.2. The zero-order valence-electron chi connectivity index (χ0n) is 18.8. The molecule has 0 saturated carbocycles. The van der Waals surface area contributed by atoms with Crippen LogP contribution in [0.4, 0.5) is 5.69 Å². The molecule has 1 aliphatic rings. The van der Waals surface area contributed by atoms with Crippen molar-refractivity contribution in [3.8, 4) is 5.75 Å². The predicted octanol–water partition coefficient (Wildman–Crippen LogP) is 4.37. The second-order valence-corrected chi connectivity index (χ2v) is 8.97. The van der Waals surface area contributed by atoms with Gasteiger partial charge in [0.25, 0.3) is 5.91 Å². The van der Waals surface area contributed by atoms with Crippen LogP contribution < -0.4 is 15.0 Å². The van der Waals surface area contributed by atoms with Gasteiger partial charge in [0, 0.05) is 45.0 Å². The lowest BCUT2D eigenvalue weighted by molar-refractivity contribution is 0.0947. The third kappa shape index (κ3) is 5.91. The van der Waals surface area contributed by atoms with E-state index in [1.165, 1.54) is 0 Å². The molecule has 1 N–H and O–H groups in total. The molecule has 0 bridgehead atoms. The summed E-state index contributed by atoms with van der Waals surface area (Å²) in [5.74, 6) is 0.595. The van der Waals surface area contributed by atoms with Crippen LogP contribution in [0.25, 0.3) is 5.52 Å². The van der Waals surface area contributed by atoms with E-state index in [0.29, 0.717) is 22.3 Å². The summed E-state index contributed by atoms with van der Waals surface area (Å²) in [5, 5.41) is 8.54. The minimum atomic E-state index is -0.145. The molecule has 1 saturated heterocycles. The number of pyridine rings is 1. The summed E-state index contributed by atoms with van der Waals surface area (Å²) in [6.07, 6.45) is 4.92. The van der Waals surface area contributed by atoms with Crippen molar-refractivity contribution in [1.82, 2.24) is 19.8 Å². The lowest BCUT2D eigenvalue weighted by Gasteiger charge is -2.36. The van der Waals surface area contributed by atoms with E-state index in [4.69, 9.17) is 27.9 Å². The van der Waals surface area contributed by atoms with E-state index in [1.807, 2.05) is 30.3 Å². The Balaban J connectivity index is 1.12. The Labute approximate surface area is 204 Å². The highest BCUT2D eigenvalue weighted by Gasteiger charge is 2.19. The maximum Gasteiger partial charge on any atom is 0.271 e. The first-order valence-electron chi connectivity index (χ1n) is 11.3. The highest BCUT2D eigenvalue weighted by atomic mass is 35.5. The fourth-order valence-corrected chi connectivity index (χ4v) is 4.51. The van der Waals surface area contributed by atoms with E-state index in [9.17, 15) is 4.79 Å². The molecule has 1 aromatic carbocycles. The molecule has 7 nitrogen and oxygen atoms in total. The number of aromatic nitrogens is 2. The van der Waals surface area contributed by atoms with Crippen molar-refractivity contribution in [3.05, 3.63) is 58.3 Å². The monoisotopic (exact) mass is 489 g/mol. The molecule has 0 unspecified atom stereocenters. The van der Waals surface area contributed by atoms with Gasteiger partial charge in [-0.1, -0.05) is 35.7 Å². The molecule has 0 aliphatic carbocycles. The molecular formula is C24H29Cl2N5O2. The van der Waals surface area contributed by atoms with Crippen molar-refractivity contribution in [2.24, 2.45) is 0 Å². The van der Waals surface area contributed by atoms with Gasteiger partial charge < -0.3 is 15.0 Å². The molecule has 3 aromatic rings. The van der Waals surface area contributed by atoms with Crippen LogP contribution in [0.1, 0.15) is 29.8 Å². The van der Waals surface area contributed by atoms with Crippen LogP contribution in [0.5, 0.6) is 5.75 Å². The Kier molecular flexibility index (Phi) is 7.96. The third-order valence-electron chi connectivity index (χ3n) is 5.98. The number of fused-ring (bicyclic) bond motifs is 1. The van der Waals surface area contributed by atoms with Crippen molar-refractivity contribution >= 4 is 40.3 Å². The Morgan fingerprint density at radius 2 is 1.91 bits per heavy atom. The SMILES string of the molecule is COc1ccn2nc(C(=O)NCCCCCN3CCN(c4cccc(Cl)c4Cl)CC3)cc2c1. The number of amides is 1. The topological polar surface area (TPSA) is 62.1 Å². The first-order valence-corrected chi connectivity index (χ1v) is 12.0. The number of carbonyl (C=O) groups excluding carboxylic acids is 1. The van der Waals surface area contributed by atoms with E-state index >= 15 is 0 Å². The molecule has 176 valence electrons. The number of anilines is 1. The van der Waals surface area contributed by atoms with Crippen molar-refractivity contribution < 1.29 is 9.53 Å². The zero-order chi connectivity index (χ0) is 23.2. The molecule has 1 amide bonds. The maximum absolute atomic E-state index is 12.4. The zero-order valence-corrected chi connectivity index (χ0v) is 20.3. The Morgan fingerprint density at radius 1 is 1.09 bits per heavy atom. The van der Waals surface area contributed by atoms with Crippen LogP contribution in [0.15, 0.2) is 42.6 Å². The van der Waals surface area contributed by atoms with Gasteiger partial charge in [-0.15, -0.1) is 0 Å². The minimum Gasteiger partial charge on any atom is -0.497 e. The van der Waals surface area contributed by atoms with Gasteiger partial charge in [0.15, 0.2) is 5.69 Å². The smallest absolute Gasteiger partial charge is 0.271 e. The Morgan fingerprint density at radius 3 is 2.70 bits per heavy atom. The Bertz CT molecular complexity index is 1100. The van der Waals surface area contributed by atoms with E-state index in [2.05, 4.69) is 20.2 Å². The average Bonchev–Trinajstić information content (AvgIpc) is 3.27. The number of unbranched alkanes of at least 4 members (excludes halogenated alkanes) is 2. The third-order valence-corrected chi connectivity index (χ3v) is 6.79. The number of nitrogens with zero attached hydrogens (tertiary/aromatic N) is 4. The number of piperazine rings is 1. The van der Waals surface area contributed by atoms with E-state index in [1.54, 1.807) is 23.9 Å². The van der Waals surface area contributed by atoms with Crippen LogP contribution in [-0.4, -0.2) is 66.8 Å². The summed E-state index contributed by atoms with van der Waals surface area (Å²) in [6, 6.07) is 11.2. The molecule has 1 fully saturated rings. The molecule has 9 heteroatoms. The maximum atomic E-state index is 12.4. The van der Waals surface area contributed by atoms with Crippen molar-refractivity contribution in [3.63, 3.8) is 0 Å². The van der Waals surface area contributed by atoms with Crippen molar-refractivity contribution in [2.75, 3.05) is 51.3 Å². The highest BCUT2D eigenvalue weighted by molar-refractivity contribution is 6.43. The molecule has 0 spiro atoms. The molecule has 33 heavy (non-hydrogen) atoms. The highest BCUT2D eigenvalue weighted by Crippen LogP contribution is 2.32. The van der Waals surface area contributed by atoms with Gasteiger partial charge in [-0.3, -0.25) is 9.69 Å². The number of hydrogen-bond donors (Lipinski definition) is 1. The van der Waals surface area contributed by atoms with Crippen LogP contribution in [0, 0.1) is 0 Å². The normalized spacial score (nSPS) is 14.6. The summed E-state index contributed by atoms with van der Waals surface area (Å²) >= 11 is 12.5. The predicted molar refractivity (Wildman–Crippen MR) is 133 cm³/mol. The largest absolute Gasteiger partial charge is 0.497 e. The van der Waals surface area contributed by atoms with Gasteiger partial charge in [0.1, 0.15) is 5.75 Å². The molecule has 2 aromatic heterocycles. The van der Waals surface area contributed by atoms with Crippen molar-refractivity contribution in [1.29, 1.82) is 0 Å². The summed E-state index contributed by atoms with van der Waals surface area (Å²) in [7, 11) is 1.62. The number of ether oxygens (including phenoxy) is 1. The van der Waals surface area contributed by atoms with Gasteiger partial charge in [-0.05, 0) is 43.7 Å². The fourth-order valence-electron chi connectivity index (χ4n) is 4.09. The van der Waals surface area contributed by atoms with Gasteiger partial charge in [0.2, 0.25) is 0 Å². The van der Waals surface area contributed by atoms with Crippen LogP contribution in [-0.2, 0) is 0 Å². The number of rotatable bonds is 9. The first kappa shape index (κ1) is 23.7. The number of nitrogens with one attached hydrogen (secondary N) is 1. The molecule has 0 radical (unpaired) electrons. The molecule has 0 atom stereocenters. The van der Waals surface area contributed by atoms with Crippen molar-refractivity contribution in [2.45, 2.75) is 19.3 Å². The van der Waals surface area contributed by atoms with Gasteiger partial charge in [0.05, 0.1) is 28.4 Å². The van der Waals surface area contributed by atoms with E-state index in [0.717, 1.165) is 68.9 Å². The van der Waals surface area contributed by atoms with E-state index in [-0.39, 0.29) is 5.91 Å². The average molecular weight is 490 g/mol. The second kappa shape index (κ2) is 11.1. The fraction of sp³-hybridized carbons (Fsp3) is 0.417. The summed E-state index contributed by atoms with van der Waals surface area (Å²) in [6.45, 7) is 5.63. The molecule has 3 heterocycles. The molecule has 1 aliphatic heterocycles. The minimum absolute atomic E-state index is 0.145. The number of methoxy groups -OCH3 is 1. The van der Waals surface area contributed by atoms with E-state index < -0.39 is 0 Å². The lowest BCUT2D eigenvalue weighted by Crippen LogP contribution is -2.46. The van der Waals surface area contributed by atoms with Crippen LogP contribution >= 0.6 is 23.2 Å². The molecular weight excluding hydrogens is 461 g/mol. The number of halogens is 2. The van der Waals surface area contributed by atoms with Crippen LogP contribution in [0.2, 0.25) is 10.0 Å². The quantitative estimate of drug-likeness (QED) is 0.452. The number of benzene rings is 1.